The van der Waals surface area contributed by atoms with Crippen LogP contribution in [0.1, 0.15) is 6.92 Å². The fourth-order valence-electron chi connectivity index (χ4n) is 0.565. The Kier molecular flexibility index (Phi) is 1.29. The van der Waals surface area contributed by atoms with Crippen molar-refractivity contribution in [2.75, 3.05) is 0 Å². The maximum absolute atomic E-state index is 3.94. The van der Waals surface area contributed by atoms with Crippen molar-refractivity contribution in [3.63, 3.8) is 0 Å². The summed E-state index contributed by atoms with van der Waals surface area (Å²) in [6.07, 6.45) is 5.59. The van der Waals surface area contributed by atoms with Crippen molar-refractivity contribution in [1.29, 1.82) is 0 Å². The van der Waals surface area contributed by atoms with Crippen LogP contribution in [0.2, 0.25) is 0 Å². The van der Waals surface area contributed by atoms with E-state index in [9.17, 15) is 0 Å². The van der Waals surface area contributed by atoms with Crippen LogP contribution in [-0.2, 0) is 0 Å². The van der Waals surface area contributed by atoms with Gasteiger partial charge in [0, 0.05) is 18.3 Å². The van der Waals surface area contributed by atoms with Crippen LogP contribution in [0.4, 0.5) is 0 Å². The SMILES string of the molecule is C=C1C=CN=CC1C. The maximum Gasteiger partial charge on any atom is 0.0266 e. The van der Waals surface area contributed by atoms with E-state index in [2.05, 4.69) is 18.5 Å². The van der Waals surface area contributed by atoms with Crippen LogP contribution >= 0.6 is 0 Å². The smallest absolute Gasteiger partial charge is 0.0266 e. The molecule has 0 N–H and O–H groups in total. The Hall–Kier alpha value is -0.850. The highest BCUT2D eigenvalue weighted by atomic mass is 14.7. The number of nitrogens with zero attached hydrogens (tertiary/aromatic N) is 1. The van der Waals surface area contributed by atoms with Crippen molar-refractivity contribution in [3.8, 4) is 0 Å². The Labute approximate surface area is 49.4 Å². The van der Waals surface area contributed by atoms with Crippen LogP contribution in [0.3, 0.4) is 0 Å². The quantitative estimate of drug-likeness (QED) is 0.447. The van der Waals surface area contributed by atoms with E-state index in [-0.39, 0.29) is 0 Å². The summed E-state index contributed by atoms with van der Waals surface area (Å²) >= 11 is 0. The van der Waals surface area contributed by atoms with Gasteiger partial charge in [0.25, 0.3) is 0 Å². The van der Waals surface area contributed by atoms with E-state index in [1.165, 1.54) is 0 Å². The van der Waals surface area contributed by atoms with Gasteiger partial charge >= 0.3 is 0 Å². The lowest BCUT2D eigenvalue weighted by Crippen LogP contribution is -1.99. The van der Waals surface area contributed by atoms with Gasteiger partial charge in [0.1, 0.15) is 0 Å². The largest absolute Gasteiger partial charge is 0.268 e. The number of allylic oxidation sites excluding steroid dienone is 2. The molecule has 0 aromatic rings. The van der Waals surface area contributed by atoms with Crippen LogP contribution in [0, 0.1) is 5.92 Å². The van der Waals surface area contributed by atoms with Crippen LogP contribution in [0.5, 0.6) is 0 Å². The van der Waals surface area contributed by atoms with Gasteiger partial charge in [0.05, 0.1) is 0 Å². The van der Waals surface area contributed by atoms with E-state index in [1.54, 1.807) is 6.20 Å². The van der Waals surface area contributed by atoms with E-state index in [0.29, 0.717) is 5.92 Å². The zero-order valence-corrected chi connectivity index (χ0v) is 4.96. The predicted molar refractivity (Wildman–Crippen MR) is 35.9 cm³/mol. The molecule has 1 rings (SSSR count). The standard InChI is InChI=1S/C7H9N/c1-6-3-4-8-5-7(6)2/h3-5,7H,1H2,2H3. The average Bonchev–Trinajstić information content (AvgIpc) is 1.77. The minimum atomic E-state index is 0.431. The van der Waals surface area contributed by atoms with Crippen LogP contribution < -0.4 is 0 Å². The van der Waals surface area contributed by atoms with Crippen molar-refractivity contribution in [1.82, 2.24) is 0 Å². The van der Waals surface area contributed by atoms with Gasteiger partial charge in [-0.2, -0.15) is 0 Å². The Morgan fingerprint density at radius 1 is 1.75 bits per heavy atom. The highest BCUT2D eigenvalue weighted by Gasteiger charge is 2.00. The molecule has 0 aromatic carbocycles. The first-order valence-corrected chi connectivity index (χ1v) is 2.69. The molecule has 1 unspecified atom stereocenters. The number of rotatable bonds is 0. The van der Waals surface area contributed by atoms with Crippen molar-refractivity contribution >= 4 is 6.21 Å². The summed E-state index contributed by atoms with van der Waals surface area (Å²) in [5.74, 6) is 0.431. The molecule has 0 bridgehead atoms. The molecule has 0 aromatic heterocycles. The molecule has 1 heteroatoms. The molecule has 0 aliphatic carbocycles. The number of hydrogen-bond donors (Lipinski definition) is 0. The summed E-state index contributed by atoms with van der Waals surface area (Å²) in [6, 6.07) is 0. The molecular formula is C7H9N. The van der Waals surface area contributed by atoms with Crippen LogP contribution in [-0.4, -0.2) is 6.21 Å². The molecule has 1 atom stereocenters. The van der Waals surface area contributed by atoms with E-state index in [1.807, 2.05) is 12.3 Å². The zero-order chi connectivity index (χ0) is 5.98. The first kappa shape index (κ1) is 5.29. The monoisotopic (exact) mass is 107 g/mol. The second-order valence-corrected chi connectivity index (χ2v) is 1.98. The highest BCUT2D eigenvalue weighted by molar-refractivity contribution is 5.68. The normalized spacial score (nSPS) is 26.6. The van der Waals surface area contributed by atoms with E-state index in [0.717, 1.165) is 5.57 Å². The fraction of sp³-hybridized carbons (Fsp3) is 0.286. The number of aliphatic imine (C=N–C) groups is 1. The average molecular weight is 107 g/mol. The van der Waals surface area contributed by atoms with Gasteiger partial charge in [0.15, 0.2) is 0 Å². The third-order valence-corrected chi connectivity index (χ3v) is 1.27. The van der Waals surface area contributed by atoms with Gasteiger partial charge in [0.2, 0.25) is 0 Å². The molecule has 0 radical (unpaired) electrons. The first-order valence-electron chi connectivity index (χ1n) is 2.69. The van der Waals surface area contributed by atoms with Crippen LogP contribution in [0.25, 0.3) is 0 Å². The first-order chi connectivity index (χ1) is 3.80. The molecule has 1 aliphatic heterocycles. The van der Waals surface area contributed by atoms with Crippen LogP contribution in [0.15, 0.2) is 29.4 Å². The molecule has 0 fully saturated rings. The Morgan fingerprint density at radius 3 is 2.88 bits per heavy atom. The van der Waals surface area contributed by atoms with Gasteiger partial charge in [-0.25, -0.2) is 0 Å². The summed E-state index contributed by atoms with van der Waals surface area (Å²) in [5, 5.41) is 0. The van der Waals surface area contributed by atoms with Gasteiger partial charge in [-0.15, -0.1) is 0 Å². The Morgan fingerprint density at radius 2 is 2.50 bits per heavy atom. The number of hydrogen-bond acceptors (Lipinski definition) is 1. The Bertz CT molecular complexity index is 154. The topological polar surface area (TPSA) is 12.4 Å². The van der Waals surface area contributed by atoms with Crippen molar-refractivity contribution in [2.45, 2.75) is 6.92 Å². The van der Waals surface area contributed by atoms with Crippen molar-refractivity contribution in [3.05, 3.63) is 24.4 Å². The third kappa shape index (κ3) is 0.861. The summed E-state index contributed by atoms with van der Waals surface area (Å²) < 4.78 is 0. The molecule has 0 spiro atoms. The summed E-state index contributed by atoms with van der Waals surface area (Å²) in [6.45, 7) is 5.90. The molecule has 1 nitrogen and oxygen atoms in total. The predicted octanol–water partition coefficient (Wildman–Crippen LogP) is 1.78. The molecule has 42 valence electrons. The van der Waals surface area contributed by atoms with Crippen molar-refractivity contribution in [2.24, 2.45) is 10.9 Å². The van der Waals surface area contributed by atoms with E-state index >= 15 is 0 Å². The molecule has 1 heterocycles. The zero-order valence-electron chi connectivity index (χ0n) is 4.96. The summed E-state index contributed by atoms with van der Waals surface area (Å²) in [5.41, 5.74) is 1.14. The van der Waals surface area contributed by atoms with Gasteiger partial charge in [-0.05, 0) is 11.6 Å². The van der Waals surface area contributed by atoms with Gasteiger partial charge in [-0.1, -0.05) is 13.5 Å². The van der Waals surface area contributed by atoms with Gasteiger partial charge in [-0.3, -0.25) is 4.99 Å². The second kappa shape index (κ2) is 1.95. The highest BCUT2D eigenvalue weighted by Crippen LogP contribution is 2.10. The van der Waals surface area contributed by atoms with E-state index in [4.69, 9.17) is 0 Å². The van der Waals surface area contributed by atoms with E-state index < -0.39 is 0 Å². The Balaban J connectivity index is 2.74. The minimum Gasteiger partial charge on any atom is -0.268 e. The van der Waals surface area contributed by atoms with Gasteiger partial charge < -0.3 is 0 Å². The molecule has 1 aliphatic rings. The lowest BCUT2D eigenvalue weighted by atomic mass is 10.0. The summed E-state index contributed by atoms with van der Waals surface area (Å²) in [7, 11) is 0. The third-order valence-electron chi connectivity index (χ3n) is 1.27. The summed E-state index contributed by atoms with van der Waals surface area (Å²) in [4.78, 5) is 3.94. The lowest BCUT2D eigenvalue weighted by molar-refractivity contribution is 0.961. The molecule has 8 heavy (non-hydrogen) atoms. The lowest BCUT2D eigenvalue weighted by Gasteiger charge is -2.06. The molecule has 0 saturated heterocycles. The minimum absolute atomic E-state index is 0.431. The molecule has 0 amide bonds. The fourth-order valence-corrected chi connectivity index (χ4v) is 0.565. The van der Waals surface area contributed by atoms with Crippen molar-refractivity contribution < 1.29 is 0 Å². The second-order valence-electron chi connectivity index (χ2n) is 1.98. The maximum atomic E-state index is 3.94. The molecular weight excluding hydrogens is 98.1 g/mol. The molecule has 0 saturated carbocycles.